The van der Waals surface area contributed by atoms with E-state index >= 15 is 0 Å². The summed E-state index contributed by atoms with van der Waals surface area (Å²) in [6, 6.07) is 21.2. The van der Waals surface area contributed by atoms with Crippen LogP contribution in [0.1, 0.15) is 22.4 Å². The van der Waals surface area contributed by atoms with Gasteiger partial charge in [0.2, 0.25) is 0 Å². The van der Waals surface area contributed by atoms with Gasteiger partial charge in [0.25, 0.3) is 0 Å². The van der Waals surface area contributed by atoms with Crippen molar-refractivity contribution in [3.8, 4) is 11.4 Å². The topological polar surface area (TPSA) is 53.9 Å². The van der Waals surface area contributed by atoms with Crippen molar-refractivity contribution in [1.82, 2.24) is 19.9 Å². The fourth-order valence-electron chi connectivity index (χ4n) is 4.44. The quantitative estimate of drug-likeness (QED) is 0.202. The lowest BCUT2D eigenvalue weighted by Crippen LogP contribution is -2.18. The minimum Gasteiger partial charge on any atom is -0.355 e. The molecule has 0 fully saturated rings. The van der Waals surface area contributed by atoms with Gasteiger partial charge in [-0.05, 0) is 67.2 Å². The van der Waals surface area contributed by atoms with E-state index in [-0.39, 0.29) is 17.0 Å². The molecule has 0 saturated heterocycles. The highest BCUT2D eigenvalue weighted by Gasteiger charge is 2.35. The van der Waals surface area contributed by atoms with Gasteiger partial charge < -0.3 is 5.32 Å². The molecule has 0 aliphatic rings. The molecule has 0 amide bonds. The standard InChI is InChI=1S/C30H23F6N5/c1-41(17-19-6-3-2-4-7-19)18-22-16-26(38-21-11-9-20(10-12-21)29(31,32)33)23-13-14-25(40-28(23)39-22)27-24(30(34,35)36)8-5-15-37-27/h2-16H,17-18H2,1H3,(H,38,39,40). The summed E-state index contributed by atoms with van der Waals surface area (Å²) in [5.41, 5.74) is 0.654. The monoisotopic (exact) mass is 567 g/mol. The summed E-state index contributed by atoms with van der Waals surface area (Å²) in [6.45, 7) is 0.981. The summed E-state index contributed by atoms with van der Waals surface area (Å²) in [7, 11) is 1.90. The summed E-state index contributed by atoms with van der Waals surface area (Å²) in [5, 5.41) is 3.60. The van der Waals surface area contributed by atoms with Crippen LogP contribution in [-0.4, -0.2) is 26.9 Å². The second-order valence-corrected chi connectivity index (χ2v) is 9.48. The van der Waals surface area contributed by atoms with E-state index in [1.54, 1.807) is 12.1 Å². The Morgan fingerprint density at radius 3 is 2.17 bits per heavy atom. The maximum atomic E-state index is 13.7. The van der Waals surface area contributed by atoms with Crippen molar-refractivity contribution in [2.45, 2.75) is 25.4 Å². The lowest BCUT2D eigenvalue weighted by Gasteiger charge is -2.18. The van der Waals surface area contributed by atoms with Gasteiger partial charge >= 0.3 is 12.4 Å². The number of aromatic nitrogens is 3. The van der Waals surface area contributed by atoms with Gasteiger partial charge in [0, 0.05) is 30.4 Å². The maximum Gasteiger partial charge on any atom is 0.418 e. The van der Waals surface area contributed by atoms with Crippen LogP contribution < -0.4 is 5.32 Å². The first-order chi connectivity index (χ1) is 19.5. The van der Waals surface area contributed by atoms with Gasteiger partial charge in [0.1, 0.15) is 5.69 Å². The summed E-state index contributed by atoms with van der Waals surface area (Å²) in [6.07, 6.45) is -7.85. The second kappa shape index (κ2) is 11.2. The Labute approximate surface area is 231 Å². The molecule has 0 spiro atoms. The Hall–Kier alpha value is -4.51. The largest absolute Gasteiger partial charge is 0.418 e. The first-order valence-corrected chi connectivity index (χ1v) is 12.5. The van der Waals surface area contributed by atoms with Crippen molar-refractivity contribution in [1.29, 1.82) is 0 Å². The summed E-state index contributed by atoms with van der Waals surface area (Å²) < 4.78 is 80.2. The molecule has 2 aromatic carbocycles. The van der Waals surface area contributed by atoms with Crippen LogP contribution in [0.3, 0.4) is 0 Å². The first-order valence-electron chi connectivity index (χ1n) is 12.5. The van der Waals surface area contributed by atoms with Crippen LogP contribution in [0.25, 0.3) is 22.4 Å². The number of pyridine rings is 3. The van der Waals surface area contributed by atoms with Gasteiger partial charge in [-0.25, -0.2) is 9.97 Å². The molecule has 0 aliphatic carbocycles. The zero-order valence-electron chi connectivity index (χ0n) is 21.6. The molecule has 11 heteroatoms. The van der Waals surface area contributed by atoms with Crippen molar-refractivity contribution in [2.24, 2.45) is 0 Å². The number of hydrogen-bond donors (Lipinski definition) is 1. The number of hydrogen-bond acceptors (Lipinski definition) is 5. The number of rotatable bonds is 7. The van der Waals surface area contributed by atoms with Gasteiger partial charge in [0.15, 0.2) is 5.65 Å². The molecule has 210 valence electrons. The molecule has 0 saturated carbocycles. The molecule has 5 nitrogen and oxygen atoms in total. The number of anilines is 2. The molecule has 5 aromatic rings. The van der Waals surface area contributed by atoms with E-state index in [4.69, 9.17) is 0 Å². The SMILES string of the molecule is CN(Cc1ccccc1)Cc1cc(Nc2ccc(C(F)(F)F)cc2)c2ccc(-c3ncccc3C(F)(F)F)nc2n1. The van der Waals surface area contributed by atoms with E-state index in [1.807, 2.05) is 42.3 Å². The molecule has 0 radical (unpaired) electrons. The van der Waals surface area contributed by atoms with Crippen molar-refractivity contribution >= 4 is 22.4 Å². The van der Waals surface area contributed by atoms with Crippen LogP contribution in [0.5, 0.6) is 0 Å². The highest BCUT2D eigenvalue weighted by molar-refractivity contribution is 5.92. The highest BCUT2D eigenvalue weighted by Crippen LogP contribution is 2.36. The molecule has 0 atom stereocenters. The van der Waals surface area contributed by atoms with Gasteiger partial charge in [0.05, 0.1) is 28.2 Å². The van der Waals surface area contributed by atoms with Gasteiger partial charge in [-0.2, -0.15) is 26.3 Å². The highest BCUT2D eigenvalue weighted by atomic mass is 19.4. The minimum absolute atomic E-state index is 0.00630. The van der Waals surface area contributed by atoms with E-state index in [0.29, 0.717) is 35.5 Å². The summed E-state index contributed by atoms with van der Waals surface area (Å²) >= 11 is 0. The van der Waals surface area contributed by atoms with Crippen LogP contribution in [0, 0.1) is 0 Å². The Morgan fingerprint density at radius 1 is 0.756 bits per heavy atom. The molecule has 0 unspecified atom stereocenters. The normalized spacial score (nSPS) is 12.2. The Morgan fingerprint density at radius 2 is 1.49 bits per heavy atom. The van der Waals surface area contributed by atoms with Crippen LogP contribution in [0.2, 0.25) is 0 Å². The lowest BCUT2D eigenvalue weighted by molar-refractivity contribution is -0.138. The maximum absolute atomic E-state index is 13.7. The fourth-order valence-corrected chi connectivity index (χ4v) is 4.44. The number of alkyl halides is 6. The third-order valence-electron chi connectivity index (χ3n) is 6.30. The Balaban J connectivity index is 1.55. The van der Waals surface area contributed by atoms with Gasteiger partial charge in [-0.1, -0.05) is 30.3 Å². The van der Waals surface area contributed by atoms with Gasteiger partial charge in [-0.3, -0.25) is 9.88 Å². The average molecular weight is 568 g/mol. The van der Waals surface area contributed by atoms with Crippen molar-refractivity contribution in [3.63, 3.8) is 0 Å². The van der Waals surface area contributed by atoms with Crippen molar-refractivity contribution < 1.29 is 26.3 Å². The van der Waals surface area contributed by atoms with E-state index in [1.165, 1.54) is 30.5 Å². The van der Waals surface area contributed by atoms with Crippen molar-refractivity contribution in [2.75, 3.05) is 12.4 Å². The molecule has 1 N–H and O–H groups in total. The smallest absolute Gasteiger partial charge is 0.355 e. The molecule has 0 bridgehead atoms. The summed E-state index contributed by atoms with van der Waals surface area (Å²) in [4.78, 5) is 15.0. The van der Waals surface area contributed by atoms with Crippen LogP contribution >= 0.6 is 0 Å². The van der Waals surface area contributed by atoms with Crippen LogP contribution in [0.4, 0.5) is 37.7 Å². The van der Waals surface area contributed by atoms with Crippen LogP contribution in [-0.2, 0) is 25.4 Å². The zero-order chi connectivity index (χ0) is 29.2. The summed E-state index contributed by atoms with van der Waals surface area (Å²) in [5.74, 6) is 0. The van der Waals surface area contributed by atoms with E-state index in [9.17, 15) is 26.3 Å². The Bertz CT molecular complexity index is 1650. The van der Waals surface area contributed by atoms with E-state index < -0.39 is 23.5 Å². The number of nitrogens with zero attached hydrogens (tertiary/aromatic N) is 4. The van der Waals surface area contributed by atoms with Gasteiger partial charge in [-0.15, -0.1) is 0 Å². The second-order valence-electron chi connectivity index (χ2n) is 9.48. The molecule has 3 aromatic heterocycles. The predicted octanol–water partition coefficient (Wildman–Crippen LogP) is 8.11. The number of nitrogens with one attached hydrogen (secondary N) is 1. The number of benzene rings is 2. The molecule has 5 rings (SSSR count). The minimum atomic E-state index is -4.63. The molecule has 41 heavy (non-hydrogen) atoms. The third-order valence-corrected chi connectivity index (χ3v) is 6.30. The van der Waals surface area contributed by atoms with E-state index in [0.717, 1.165) is 23.8 Å². The number of fused-ring (bicyclic) bond motifs is 1. The third kappa shape index (κ3) is 6.63. The molecular formula is C30H23F6N5. The van der Waals surface area contributed by atoms with Crippen molar-refractivity contribution in [3.05, 3.63) is 114 Å². The Kier molecular flexibility index (Phi) is 7.63. The molecule has 0 aliphatic heterocycles. The average Bonchev–Trinajstić information content (AvgIpc) is 2.92. The molecular weight excluding hydrogens is 544 g/mol. The zero-order valence-corrected chi connectivity index (χ0v) is 21.6. The van der Waals surface area contributed by atoms with Crippen LogP contribution in [0.15, 0.2) is 91.1 Å². The number of halogens is 6. The first kappa shape index (κ1) is 28.0. The van der Waals surface area contributed by atoms with E-state index in [2.05, 4.69) is 20.3 Å². The lowest BCUT2D eigenvalue weighted by atomic mass is 10.1. The fraction of sp³-hybridized carbons (Fsp3) is 0.167. The predicted molar refractivity (Wildman–Crippen MR) is 144 cm³/mol. The molecule has 3 heterocycles.